The molecular formula is C8H13ClO2. The minimum absolute atomic E-state index is 0.278. The molecule has 1 unspecified atom stereocenters. The van der Waals surface area contributed by atoms with E-state index < -0.39 is 6.10 Å². The van der Waals surface area contributed by atoms with Gasteiger partial charge in [-0.3, -0.25) is 0 Å². The van der Waals surface area contributed by atoms with Crippen molar-refractivity contribution in [3.8, 4) is 0 Å². The molecule has 11 heavy (non-hydrogen) atoms. The molecule has 0 saturated carbocycles. The second-order valence-corrected chi connectivity index (χ2v) is 2.98. The zero-order valence-corrected chi connectivity index (χ0v) is 7.18. The Morgan fingerprint density at radius 3 is 3.09 bits per heavy atom. The van der Waals surface area contributed by atoms with Crippen molar-refractivity contribution in [2.24, 2.45) is 0 Å². The maximum atomic E-state index is 9.16. The molecule has 1 rings (SSSR count). The van der Waals surface area contributed by atoms with Gasteiger partial charge in [0.2, 0.25) is 0 Å². The summed E-state index contributed by atoms with van der Waals surface area (Å²) in [6.45, 7) is 0.779. The average Bonchev–Trinajstić information content (AvgIpc) is 2.06. The molecule has 1 aliphatic rings. The SMILES string of the molecule is OC(CCl)CC1=CCCCO1. The zero-order valence-electron chi connectivity index (χ0n) is 6.42. The highest BCUT2D eigenvalue weighted by Gasteiger charge is 2.09. The smallest absolute Gasteiger partial charge is 0.0946 e. The van der Waals surface area contributed by atoms with Gasteiger partial charge >= 0.3 is 0 Å². The number of hydrogen-bond acceptors (Lipinski definition) is 2. The topological polar surface area (TPSA) is 29.5 Å². The monoisotopic (exact) mass is 176 g/mol. The summed E-state index contributed by atoms with van der Waals surface area (Å²) in [6.07, 6.45) is 4.27. The molecule has 3 heteroatoms. The van der Waals surface area contributed by atoms with Gasteiger partial charge in [0.05, 0.1) is 18.5 Å². The fourth-order valence-corrected chi connectivity index (χ4v) is 1.15. The van der Waals surface area contributed by atoms with Crippen LogP contribution in [0.5, 0.6) is 0 Å². The lowest BCUT2D eigenvalue weighted by atomic mass is 10.1. The average molecular weight is 177 g/mol. The maximum absolute atomic E-state index is 9.16. The second-order valence-electron chi connectivity index (χ2n) is 2.67. The van der Waals surface area contributed by atoms with Gasteiger partial charge in [-0.05, 0) is 18.9 Å². The van der Waals surface area contributed by atoms with E-state index in [1.165, 1.54) is 0 Å². The van der Waals surface area contributed by atoms with Gasteiger partial charge in [-0.15, -0.1) is 11.6 Å². The Bertz CT molecular complexity index is 145. The minimum Gasteiger partial charge on any atom is -0.498 e. The number of halogens is 1. The Labute approximate surface area is 71.8 Å². The summed E-state index contributed by atoms with van der Waals surface area (Å²) in [7, 11) is 0. The molecule has 0 spiro atoms. The molecular weight excluding hydrogens is 164 g/mol. The molecule has 0 radical (unpaired) electrons. The fraction of sp³-hybridized carbons (Fsp3) is 0.750. The maximum Gasteiger partial charge on any atom is 0.0946 e. The third-order valence-corrected chi connectivity index (χ3v) is 1.98. The van der Waals surface area contributed by atoms with E-state index in [4.69, 9.17) is 21.4 Å². The number of ether oxygens (including phenoxy) is 1. The van der Waals surface area contributed by atoms with Crippen LogP contribution in [0.2, 0.25) is 0 Å². The molecule has 0 amide bonds. The number of allylic oxidation sites excluding steroid dienone is 1. The molecule has 0 aromatic heterocycles. The highest BCUT2D eigenvalue weighted by Crippen LogP contribution is 2.15. The third-order valence-electron chi connectivity index (χ3n) is 1.62. The van der Waals surface area contributed by atoms with Crippen LogP contribution < -0.4 is 0 Å². The lowest BCUT2D eigenvalue weighted by molar-refractivity contribution is 0.134. The molecule has 1 heterocycles. The quantitative estimate of drug-likeness (QED) is 0.663. The van der Waals surface area contributed by atoms with Crippen LogP contribution in [0.15, 0.2) is 11.8 Å². The Morgan fingerprint density at radius 2 is 2.55 bits per heavy atom. The minimum atomic E-state index is -0.457. The van der Waals surface area contributed by atoms with E-state index >= 15 is 0 Å². The number of aliphatic hydroxyl groups excluding tert-OH is 1. The van der Waals surface area contributed by atoms with Crippen molar-refractivity contribution >= 4 is 11.6 Å². The predicted molar refractivity (Wildman–Crippen MR) is 44.6 cm³/mol. The van der Waals surface area contributed by atoms with Crippen molar-refractivity contribution in [1.29, 1.82) is 0 Å². The summed E-state index contributed by atoms with van der Waals surface area (Å²) in [5.74, 6) is 1.17. The van der Waals surface area contributed by atoms with Crippen molar-refractivity contribution in [2.45, 2.75) is 25.4 Å². The highest BCUT2D eigenvalue weighted by atomic mass is 35.5. The highest BCUT2D eigenvalue weighted by molar-refractivity contribution is 6.18. The van der Waals surface area contributed by atoms with Crippen LogP contribution in [0.4, 0.5) is 0 Å². The first-order valence-electron chi connectivity index (χ1n) is 3.89. The summed E-state index contributed by atoms with van der Waals surface area (Å²) >= 11 is 5.44. The van der Waals surface area contributed by atoms with Crippen molar-refractivity contribution < 1.29 is 9.84 Å². The largest absolute Gasteiger partial charge is 0.498 e. The first kappa shape index (κ1) is 8.88. The van der Waals surface area contributed by atoms with Crippen LogP contribution in [-0.4, -0.2) is 23.7 Å². The number of rotatable bonds is 3. The fourth-order valence-electron chi connectivity index (χ4n) is 1.04. The molecule has 0 saturated heterocycles. The summed E-state index contributed by atoms with van der Waals surface area (Å²) < 4.78 is 5.29. The van der Waals surface area contributed by atoms with Crippen LogP contribution in [0.25, 0.3) is 0 Å². The van der Waals surface area contributed by atoms with Crippen LogP contribution in [0.3, 0.4) is 0 Å². The van der Waals surface area contributed by atoms with E-state index in [2.05, 4.69) is 0 Å². The van der Waals surface area contributed by atoms with Crippen LogP contribution in [0.1, 0.15) is 19.3 Å². The van der Waals surface area contributed by atoms with E-state index in [0.29, 0.717) is 6.42 Å². The third kappa shape index (κ3) is 3.12. The lowest BCUT2D eigenvalue weighted by Crippen LogP contribution is -2.12. The predicted octanol–water partition coefficient (Wildman–Crippen LogP) is 1.67. The second kappa shape index (κ2) is 4.62. The Kier molecular flexibility index (Phi) is 3.73. The number of alkyl halides is 1. The molecule has 64 valence electrons. The summed E-state index contributed by atoms with van der Waals surface area (Å²) in [5.41, 5.74) is 0. The molecule has 0 bridgehead atoms. The van der Waals surface area contributed by atoms with Crippen molar-refractivity contribution in [1.82, 2.24) is 0 Å². The normalized spacial score (nSPS) is 20.4. The Morgan fingerprint density at radius 1 is 1.73 bits per heavy atom. The molecule has 0 aromatic carbocycles. The molecule has 1 atom stereocenters. The van der Waals surface area contributed by atoms with Gasteiger partial charge in [0, 0.05) is 12.3 Å². The van der Waals surface area contributed by atoms with Gasteiger partial charge in [0.25, 0.3) is 0 Å². The van der Waals surface area contributed by atoms with Gasteiger partial charge in [0.1, 0.15) is 0 Å². The van der Waals surface area contributed by atoms with Gasteiger partial charge in [-0.2, -0.15) is 0 Å². The van der Waals surface area contributed by atoms with Gasteiger partial charge in [0.15, 0.2) is 0 Å². The lowest BCUT2D eigenvalue weighted by Gasteiger charge is -2.16. The number of hydrogen-bond donors (Lipinski definition) is 1. The van der Waals surface area contributed by atoms with E-state index in [0.717, 1.165) is 25.2 Å². The molecule has 0 aromatic rings. The Hall–Kier alpha value is -0.210. The summed E-state index contributed by atoms with van der Waals surface area (Å²) in [6, 6.07) is 0. The van der Waals surface area contributed by atoms with Crippen LogP contribution in [0, 0.1) is 0 Å². The zero-order chi connectivity index (χ0) is 8.10. The van der Waals surface area contributed by atoms with E-state index in [1.54, 1.807) is 0 Å². The van der Waals surface area contributed by atoms with Gasteiger partial charge < -0.3 is 9.84 Å². The molecule has 0 aliphatic carbocycles. The first-order valence-corrected chi connectivity index (χ1v) is 4.42. The number of aliphatic hydroxyl groups is 1. The molecule has 1 N–H and O–H groups in total. The van der Waals surface area contributed by atoms with Crippen LogP contribution in [-0.2, 0) is 4.74 Å². The van der Waals surface area contributed by atoms with Crippen LogP contribution >= 0.6 is 11.6 Å². The molecule has 1 aliphatic heterocycles. The molecule has 2 nitrogen and oxygen atoms in total. The van der Waals surface area contributed by atoms with Crippen molar-refractivity contribution in [3.63, 3.8) is 0 Å². The van der Waals surface area contributed by atoms with E-state index in [9.17, 15) is 0 Å². The molecule has 0 fully saturated rings. The first-order chi connectivity index (χ1) is 5.33. The van der Waals surface area contributed by atoms with E-state index in [-0.39, 0.29) is 5.88 Å². The Balaban J connectivity index is 2.29. The van der Waals surface area contributed by atoms with Gasteiger partial charge in [-0.25, -0.2) is 0 Å². The van der Waals surface area contributed by atoms with Crippen molar-refractivity contribution in [3.05, 3.63) is 11.8 Å². The van der Waals surface area contributed by atoms with Crippen molar-refractivity contribution in [2.75, 3.05) is 12.5 Å². The summed E-state index contributed by atoms with van der Waals surface area (Å²) in [4.78, 5) is 0. The standard InChI is InChI=1S/C8H13ClO2/c9-6-7(10)5-8-3-1-2-4-11-8/h3,7,10H,1-2,4-6H2. The summed E-state index contributed by atoms with van der Waals surface area (Å²) in [5, 5.41) is 9.16. The van der Waals surface area contributed by atoms with E-state index in [1.807, 2.05) is 6.08 Å². The van der Waals surface area contributed by atoms with Gasteiger partial charge in [-0.1, -0.05) is 0 Å².